The van der Waals surface area contributed by atoms with Crippen LogP contribution in [0.2, 0.25) is 0 Å². The fourth-order valence-electron chi connectivity index (χ4n) is 1.64. The van der Waals surface area contributed by atoms with Crippen LogP contribution in [0.3, 0.4) is 0 Å². The molecule has 0 unspecified atom stereocenters. The van der Waals surface area contributed by atoms with Crippen LogP contribution < -0.4 is 0 Å². The molecule has 0 aliphatic carbocycles. The van der Waals surface area contributed by atoms with Gasteiger partial charge in [0.1, 0.15) is 0 Å². The molecule has 0 spiro atoms. The molecule has 0 aromatic heterocycles. The summed E-state index contributed by atoms with van der Waals surface area (Å²) in [5.41, 5.74) is 0. The zero-order valence-corrected chi connectivity index (χ0v) is 16.0. The van der Waals surface area contributed by atoms with Crippen molar-refractivity contribution in [1.29, 1.82) is 0 Å². The van der Waals surface area contributed by atoms with Crippen LogP contribution in [0.5, 0.6) is 0 Å². The average Bonchev–Trinajstić information content (AvgIpc) is 2.49. The third kappa shape index (κ3) is 20.6. The quantitative estimate of drug-likeness (QED) is 0.239. The van der Waals surface area contributed by atoms with E-state index in [2.05, 4.69) is 13.8 Å². The summed E-state index contributed by atoms with van der Waals surface area (Å²) in [5, 5.41) is 0. The summed E-state index contributed by atoms with van der Waals surface area (Å²) in [5.74, 6) is 0. The van der Waals surface area contributed by atoms with E-state index in [4.69, 9.17) is 18.9 Å². The second-order valence-corrected chi connectivity index (χ2v) is 4.50. The minimum atomic E-state index is -0.0217. The van der Waals surface area contributed by atoms with Crippen molar-refractivity contribution in [3.8, 4) is 0 Å². The third-order valence-electron chi connectivity index (χ3n) is 2.93. The monoisotopic (exact) mass is 314 g/mol. The molecular weight excluding hydrogens is 280 g/mol. The molecular formula is C16H34MgO4. The van der Waals surface area contributed by atoms with Gasteiger partial charge in [0.05, 0.1) is 0 Å². The van der Waals surface area contributed by atoms with Crippen molar-refractivity contribution >= 4 is 23.1 Å². The van der Waals surface area contributed by atoms with E-state index in [1.54, 1.807) is 28.4 Å². The van der Waals surface area contributed by atoms with Gasteiger partial charge in [0.15, 0.2) is 12.6 Å². The molecule has 0 fully saturated rings. The number of unbranched alkanes of at least 4 members (excludes halogenated alkanes) is 4. The van der Waals surface area contributed by atoms with E-state index in [0.29, 0.717) is 0 Å². The van der Waals surface area contributed by atoms with Crippen LogP contribution in [0.15, 0.2) is 0 Å². The van der Waals surface area contributed by atoms with E-state index in [9.17, 15) is 0 Å². The number of rotatable bonds is 12. The maximum Gasteiger partial charge on any atom is 2.00 e. The van der Waals surface area contributed by atoms with Gasteiger partial charge in [-0.3, -0.25) is 0 Å². The Morgan fingerprint density at radius 1 is 0.619 bits per heavy atom. The Hall–Kier alpha value is 0.606. The summed E-state index contributed by atoms with van der Waals surface area (Å²) < 4.78 is 20.0. The number of hydrogen-bond acceptors (Lipinski definition) is 4. The van der Waals surface area contributed by atoms with E-state index < -0.39 is 0 Å². The molecule has 124 valence electrons. The average molecular weight is 315 g/mol. The van der Waals surface area contributed by atoms with E-state index in [-0.39, 0.29) is 35.6 Å². The minimum absolute atomic E-state index is 0. The molecule has 0 bridgehead atoms. The fourth-order valence-corrected chi connectivity index (χ4v) is 1.64. The van der Waals surface area contributed by atoms with Crippen LogP contribution in [0, 0.1) is 13.8 Å². The topological polar surface area (TPSA) is 36.9 Å². The molecule has 0 aromatic carbocycles. The van der Waals surface area contributed by atoms with Gasteiger partial charge in [-0.15, -0.1) is 0 Å². The minimum Gasteiger partial charge on any atom is -0.356 e. The van der Waals surface area contributed by atoms with Gasteiger partial charge in [-0.25, -0.2) is 0 Å². The number of ether oxygens (including phenoxy) is 4. The Morgan fingerprint density at radius 3 is 1.10 bits per heavy atom. The maximum atomic E-state index is 5.00. The molecule has 0 aliphatic heterocycles. The Morgan fingerprint density at radius 2 is 0.905 bits per heavy atom. The van der Waals surface area contributed by atoms with Gasteiger partial charge in [-0.05, 0) is 12.8 Å². The zero-order valence-electron chi connectivity index (χ0n) is 14.6. The van der Waals surface area contributed by atoms with Gasteiger partial charge in [-0.2, -0.15) is 12.8 Å². The van der Waals surface area contributed by atoms with E-state index in [1.807, 2.05) is 0 Å². The first-order valence-corrected chi connectivity index (χ1v) is 7.39. The predicted octanol–water partition coefficient (Wildman–Crippen LogP) is 3.62. The summed E-state index contributed by atoms with van der Waals surface area (Å²) in [4.78, 5) is 0. The van der Waals surface area contributed by atoms with Gasteiger partial charge >= 0.3 is 23.1 Å². The Kier molecular flexibility index (Phi) is 28.9. The van der Waals surface area contributed by atoms with Crippen molar-refractivity contribution in [2.45, 2.75) is 63.9 Å². The molecule has 5 heteroatoms. The van der Waals surface area contributed by atoms with Crippen molar-refractivity contribution in [2.75, 3.05) is 28.4 Å². The van der Waals surface area contributed by atoms with Crippen molar-refractivity contribution in [1.82, 2.24) is 0 Å². The molecule has 0 radical (unpaired) electrons. The van der Waals surface area contributed by atoms with Crippen LogP contribution in [0.25, 0.3) is 0 Å². The molecule has 0 saturated carbocycles. The largest absolute Gasteiger partial charge is 2.00 e. The van der Waals surface area contributed by atoms with Crippen molar-refractivity contribution in [3.05, 3.63) is 13.8 Å². The van der Waals surface area contributed by atoms with Gasteiger partial charge in [-0.1, -0.05) is 25.7 Å². The van der Waals surface area contributed by atoms with E-state index in [1.165, 1.54) is 0 Å². The fraction of sp³-hybridized carbons (Fsp3) is 0.875. The zero-order chi connectivity index (χ0) is 15.6. The summed E-state index contributed by atoms with van der Waals surface area (Å²) in [7, 11) is 6.66. The van der Waals surface area contributed by atoms with Gasteiger partial charge in [0.2, 0.25) is 0 Å². The molecule has 0 amide bonds. The molecule has 21 heavy (non-hydrogen) atoms. The summed E-state index contributed by atoms with van der Waals surface area (Å²) >= 11 is 0. The smallest absolute Gasteiger partial charge is 0.356 e. The normalized spacial score (nSPS) is 10.3. The molecule has 0 rings (SSSR count). The van der Waals surface area contributed by atoms with Crippen LogP contribution >= 0.6 is 0 Å². The molecule has 0 aliphatic rings. The standard InChI is InChI=1S/2C8H17O2.Mg/c2*1-4-5-6-7-8(9-2)10-3;/h2*8H,1,4-7H2,2-3H3;/q2*-1;+2. The second kappa shape index (κ2) is 22.9. The van der Waals surface area contributed by atoms with Crippen LogP contribution in [0.1, 0.15) is 51.4 Å². The molecule has 4 nitrogen and oxygen atoms in total. The number of hydrogen-bond donors (Lipinski definition) is 0. The van der Waals surface area contributed by atoms with E-state index in [0.717, 1.165) is 51.4 Å². The Labute approximate surface area is 148 Å². The van der Waals surface area contributed by atoms with Crippen LogP contribution in [-0.4, -0.2) is 64.1 Å². The molecule has 0 heterocycles. The van der Waals surface area contributed by atoms with Crippen molar-refractivity contribution in [3.63, 3.8) is 0 Å². The molecule has 0 saturated heterocycles. The van der Waals surface area contributed by atoms with Crippen molar-refractivity contribution < 1.29 is 18.9 Å². The van der Waals surface area contributed by atoms with Crippen LogP contribution in [0.4, 0.5) is 0 Å². The Balaban J connectivity index is -0.000000295. The Bertz CT molecular complexity index is 144. The van der Waals surface area contributed by atoms with Crippen molar-refractivity contribution in [2.24, 2.45) is 0 Å². The maximum absolute atomic E-state index is 5.00. The van der Waals surface area contributed by atoms with E-state index >= 15 is 0 Å². The first-order chi connectivity index (χ1) is 9.69. The molecule has 0 aromatic rings. The van der Waals surface area contributed by atoms with Crippen LogP contribution in [-0.2, 0) is 18.9 Å². The van der Waals surface area contributed by atoms with Gasteiger partial charge in [0.25, 0.3) is 0 Å². The number of methoxy groups -OCH3 is 4. The second-order valence-electron chi connectivity index (χ2n) is 4.50. The first-order valence-electron chi connectivity index (χ1n) is 7.39. The van der Waals surface area contributed by atoms with Gasteiger partial charge in [0, 0.05) is 28.4 Å². The summed E-state index contributed by atoms with van der Waals surface area (Å²) in [6, 6.07) is 0. The predicted molar refractivity (Wildman–Crippen MR) is 89.0 cm³/mol. The summed E-state index contributed by atoms with van der Waals surface area (Å²) in [6.45, 7) is 7.51. The summed E-state index contributed by atoms with van der Waals surface area (Å²) in [6.07, 6.45) is 8.49. The van der Waals surface area contributed by atoms with Gasteiger partial charge < -0.3 is 32.8 Å². The molecule has 0 N–H and O–H groups in total. The molecule has 0 atom stereocenters. The first kappa shape index (κ1) is 26.5. The SMILES string of the molecule is [CH2-]CCCCC(OC)OC.[CH2-]CCCCC(OC)OC.[Mg+2]. The third-order valence-corrected chi connectivity index (χ3v) is 2.93.